The summed E-state index contributed by atoms with van der Waals surface area (Å²) in [7, 11) is 0. The maximum atomic E-state index is 11.3. The van der Waals surface area contributed by atoms with Crippen LogP contribution in [-0.4, -0.2) is 11.3 Å². The van der Waals surface area contributed by atoms with Gasteiger partial charge in [-0.2, -0.15) is 5.26 Å². The lowest BCUT2D eigenvalue weighted by molar-refractivity contribution is 0.166. The van der Waals surface area contributed by atoms with Gasteiger partial charge in [-0.3, -0.25) is 10.2 Å². The van der Waals surface area contributed by atoms with Crippen LogP contribution >= 0.6 is 11.6 Å². The van der Waals surface area contributed by atoms with Gasteiger partial charge in [-0.25, -0.2) is 4.79 Å². The van der Waals surface area contributed by atoms with Crippen molar-refractivity contribution in [1.82, 2.24) is 0 Å². The van der Waals surface area contributed by atoms with Crippen LogP contribution in [0.15, 0.2) is 29.4 Å². The Morgan fingerprint density at radius 3 is 2.56 bits per heavy atom. The summed E-state index contributed by atoms with van der Waals surface area (Å²) in [6.07, 6.45) is -0.737. The molecule has 1 N–H and O–H groups in total. The van der Waals surface area contributed by atoms with Gasteiger partial charge in [0, 0.05) is 11.6 Å². The minimum absolute atomic E-state index is 0.00520. The van der Waals surface area contributed by atoms with Crippen molar-refractivity contribution in [2.24, 2.45) is 11.1 Å². The molecule has 1 aromatic carbocycles. The van der Waals surface area contributed by atoms with E-state index in [2.05, 4.69) is 15.3 Å². The fourth-order valence-corrected chi connectivity index (χ4v) is 0.994. The van der Waals surface area contributed by atoms with Crippen LogP contribution in [-0.2, 0) is 4.84 Å². The van der Waals surface area contributed by atoms with E-state index < -0.39 is 6.09 Å². The molecule has 94 valence electrons. The van der Waals surface area contributed by atoms with E-state index in [1.165, 1.54) is 0 Å². The molecule has 0 saturated carbocycles. The van der Waals surface area contributed by atoms with Gasteiger partial charge < -0.3 is 0 Å². The number of carbonyl (C=O) groups excluding carboxylic acids is 1. The summed E-state index contributed by atoms with van der Waals surface area (Å²) >= 11 is 5.71. The molecule has 0 spiro atoms. The number of nitrogens with one attached hydrogen (secondary N) is 1. The van der Waals surface area contributed by atoms with E-state index in [0.29, 0.717) is 11.3 Å². The van der Waals surface area contributed by atoms with Crippen molar-refractivity contribution in [3.8, 4) is 6.07 Å². The molecule has 0 aliphatic carbocycles. The van der Waals surface area contributed by atoms with Gasteiger partial charge in [-0.1, -0.05) is 30.6 Å². The zero-order chi connectivity index (χ0) is 13.5. The number of carbonyl (C=O) groups is 1. The standard InChI is InChI=1S/C12H12ClN3O2/c1-8(2)11(13)16-18-12(17)15-10-5-3-9(7-14)4-6-10/h3-6,8H,1-2H3,(H,15,17)/b16-11+. The zero-order valence-electron chi connectivity index (χ0n) is 9.98. The number of halogens is 1. The third-order valence-corrected chi connectivity index (χ3v) is 2.46. The molecule has 0 aliphatic rings. The van der Waals surface area contributed by atoms with E-state index in [9.17, 15) is 4.79 Å². The third kappa shape index (κ3) is 4.44. The molecule has 0 aromatic heterocycles. The van der Waals surface area contributed by atoms with E-state index in [-0.39, 0.29) is 11.1 Å². The van der Waals surface area contributed by atoms with Crippen LogP contribution in [0.25, 0.3) is 0 Å². The number of benzene rings is 1. The largest absolute Gasteiger partial charge is 0.437 e. The van der Waals surface area contributed by atoms with E-state index in [0.717, 1.165) is 0 Å². The Hall–Kier alpha value is -2.06. The first-order valence-electron chi connectivity index (χ1n) is 5.24. The van der Waals surface area contributed by atoms with Crippen LogP contribution in [0.2, 0.25) is 0 Å². The summed E-state index contributed by atoms with van der Waals surface area (Å²) in [4.78, 5) is 15.9. The number of hydrogen-bond acceptors (Lipinski definition) is 4. The van der Waals surface area contributed by atoms with Gasteiger partial charge in [-0.05, 0) is 24.3 Å². The molecular formula is C12H12ClN3O2. The number of nitrogens with zero attached hydrogens (tertiary/aromatic N) is 2. The van der Waals surface area contributed by atoms with Crippen molar-refractivity contribution in [2.75, 3.05) is 5.32 Å². The molecule has 1 aromatic rings. The summed E-state index contributed by atoms with van der Waals surface area (Å²) in [6, 6.07) is 8.33. The number of anilines is 1. The second-order valence-corrected chi connectivity index (χ2v) is 4.15. The summed E-state index contributed by atoms with van der Waals surface area (Å²) in [5.74, 6) is -0.00520. The summed E-state index contributed by atoms with van der Waals surface area (Å²) in [5, 5.41) is 14.7. The van der Waals surface area contributed by atoms with Gasteiger partial charge in [0.1, 0.15) is 5.17 Å². The molecule has 0 atom stereocenters. The molecule has 1 rings (SSSR count). The lowest BCUT2D eigenvalue weighted by Gasteiger charge is -2.04. The zero-order valence-corrected chi connectivity index (χ0v) is 10.7. The van der Waals surface area contributed by atoms with Crippen LogP contribution in [0.1, 0.15) is 19.4 Å². The minimum Gasteiger partial charge on any atom is -0.297 e. The lowest BCUT2D eigenvalue weighted by Crippen LogP contribution is -2.12. The summed E-state index contributed by atoms with van der Waals surface area (Å²) in [5.41, 5.74) is 1.02. The Morgan fingerprint density at radius 1 is 1.44 bits per heavy atom. The fraction of sp³-hybridized carbons (Fsp3) is 0.250. The van der Waals surface area contributed by atoms with Gasteiger partial charge in [0.2, 0.25) is 0 Å². The van der Waals surface area contributed by atoms with Crippen LogP contribution < -0.4 is 5.32 Å². The van der Waals surface area contributed by atoms with Crippen LogP contribution in [0.3, 0.4) is 0 Å². The Bertz CT molecular complexity index is 489. The van der Waals surface area contributed by atoms with Crippen molar-refractivity contribution < 1.29 is 9.63 Å². The van der Waals surface area contributed by atoms with Crippen LogP contribution in [0.5, 0.6) is 0 Å². The first-order chi connectivity index (χ1) is 8.52. The predicted octanol–water partition coefficient (Wildman–Crippen LogP) is 3.32. The van der Waals surface area contributed by atoms with E-state index in [4.69, 9.17) is 16.9 Å². The highest BCUT2D eigenvalue weighted by Gasteiger charge is 2.06. The number of amides is 1. The van der Waals surface area contributed by atoms with Gasteiger partial charge in [-0.15, -0.1) is 0 Å². The molecule has 0 fully saturated rings. The molecular weight excluding hydrogens is 254 g/mol. The number of hydrogen-bond donors (Lipinski definition) is 1. The average molecular weight is 266 g/mol. The van der Waals surface area contributed by atoms with E-state index in [1.807, 2.05) is 19.9 Å². The quantitative estimate of drug-likeness (QED) is 0.517. The molecule has 0 radical (unpaired) electrons. The number of rotatable bonds is 3. The first-order valence-corrected chi connectivity index (χ1v) is 5.62. The minimum atomic E-state index is -0.737. The van der Waals surface area contributed by atoms with E-state index >= 15 is 0 Å². The van der Waals surface area contributed by atoms with E-state index in [1.54, 1.807) is 24.3 Å². The maximum Gasteiger partial charge on any atom is 0.437 e. The highest BCUT2D eigenvalue weighted by Crippen LogP contribution is 2.09. The van der Waals surface area contributed by atoms with Crippen LogP contribution in [0, 0.1) is 17.2 Å². The smallest absolute Gasteiger partial charge is 0.297 e. The van der Waals surface area contributed by atoms with Gasteiger partial charge in [0.15, 0.2) is 0 Å². The van der Waals surface area contributed by atoms with Crippen molar-refractivity contribution in [3.63, 3.8) is 0 Å². The Balaban J connectivity index is 2.55. The van der Waals surface area contributed by atoms with Crippen LogP contribution in [0.4, 0.5) is 10.5 Å². The average Bonchev–Trinajstić information content (AvgIpc) is 2.36. The second kappa shape index (κ2) is 6.62. The SMILES string of the molecule is CC(C)/C(Cl)=N\OC(=O)Nc1ccc(C#N)cc1. The Morgan fingerprint density at radius 2 is 2.06 bits per heavy atom. The molecule has 0 saturated heterocycles. The Kier molecular flexibility index (Phi) is 5.15. The molecule has 0 bridgehead atoms. The van der Waals surface area contributed by atoms with Crippen molar-refractivity contribution >= 4 is 28.6 Å². The molecule has 6 heteroatoms. The highest BCUT2D eigenvalue weighted by molar-refractivity contribution is 6.65. The molecule has 18 heavy (non-hydrogen) atoms. The highest BCUT2D eigenvalue weighted by atomic mass is 35.5. The third-order valence-electron chi connectivity index (χ3n) is 1.95. The predicted molar refractivity (Wildman–Crippen MR) is 69.4 cm³/mol. The Labute approximate surface area is 110 Å². The molecule has 0 aliphatic heterocycles. The number of nitriles is 1. The topological polar surface area (TPSA) is 74.5 Å². The van der Waals surface area contributed by atoms with Crippen molar-refractivity contribution in [3.05, 3.63) is 29.8 Å². The summed E-state index contributed by atoms with van der Waals surface area (Å²) in [6.45, 7) is 3.65. The number of oxime groups is 1. The second-order valence-electron chi connectivity index (χ2n) is 3.76. The van der Waals surface area contributed by atoms with Gasteiger partial charge in [0.25, 0.3) is 0 Å². The van der Waals surface area contributed by atoms with Gasteiger partial charge >= 0.3 is 6.09 Å². The fourth-order valence-electron chi connectivity index (χ4n) is 0.959. The monoisotopic (exact) mass is 265 g/mol. The lowest BCUT2D eigenvalue weighted by atomic mass is 10.2. The van der Waals surface area contributed by atoms with Crippen molar-refractivity contribution in [1.29, 1.82) is 5.26 Å². The molecule has 1 amide bonds. The normalized spacial score (nSPS) is 10.9. The summed E-state index contributed by atoms with van der Waals surface area (Å²) < 4.78 is 0. The van der Waals surface area contributed by atoms with Gasteiger partial charge in [0.05, 0.1) is 11.6 Å². The first kappa shape index (κ1) is 14.0. The molecule has 0 heterocycles. The molecule has 5 nitrogen and oxygen atoms in total. The molecule has 0 unspecified atom stereocenters. The van der Waals surface area contributed by atoms with Crippen molar-refractivity contribution in [2.45, 2.75) is 13.8 Å². The maximum absolute atomic E-state index is 11.3.